The van der Waals surface area contributed by atoms with Crippen molar-refractivity contribution in [2.75, 3.05) is 32.8 Å². The highest BCUT2D eigenvalue weighted by Crippen LogP contribution is 2.39. The Morgan fingerprint density at radius 1 is 1.20 bits per heavy atom. The molecule has 134 valence electrons. The van der Waals surface area contributed by atoms with E-state index in [1.165, 1.54) is 5.56 Å². The second-order valence-corrected chi connectivity index (χ2v) is 6.48. The van der Waals surface area contributed by atoms with Gasteiger partial charge in [0.25, 0.3) is 0 Å². The summed E-state index contributed by atoms with van der Waals surface area (Å²) in [5.74, 6) is 1.41. The molecular formula is C18H21Cl2N3O2. The third-order valence-corrected chi connectivity index (χ3v) is 4.77. The number of halogens is 2. The highest BCUT2D eigenvalue weighted by molar-refractivity contribution is 6.32. The first-order valence-corrected chi connectivity index (χ1v) is 8.62. The quantitative estimate of drug-likeness (QED) is 0.884. The number of benzene rings is 1. The topological polar surface area (TPSA) is 46.6 Å². The van der Waals surface area contributed by atoms with Crippen molar-refractivity contribution in [3.63, 3.8) is 0 Å². The van der Waals surface area contributed by atoms with Crippen LogP contribution < -0.4 is 14.8 Å². The van der Waals surface area contributed by atoms with E-state index in [0.717, 1.165) is 37.5 Å². The molecule has 1 aromatic carbocycles. The van der Waals surface area contributed by atoms with Gasteiger partial charge in [-0.3, -0.25) is 9.88 Å². The van der Waals surface area contributed by atoms with E-state index in [9.17, 15) is 0 Å². The van der Waals surface area contributed by atoms with Gasteiger partial charge in [-0.15, -0.1) is 12.4 Å². The summed E-state index contributed by atoms with van der Waals surface area (Å²) in [6.07, 6.45) is 3.70. The first-order chi connectivity index (χ1) is 11.8. The molecule has 1 unspecified atom stereocenters. The van der Waals surface area contributed by atoms with Gasteiger partial charge in [-0.2, -0.15) is 0 Å². The van der Waals surface area contributed by atoms with E-state index in [1.807, 2.05) is 24.5 Å². The number of pyridine rings is 1. The fourth-order valence-corrected chi connectivity index (χ4v) is 3.63. The lowest BCUT2D eigenvalue weighted by Gasteiger charge is -2.36. The Hall–Kier alpha value is -1.53. The standard InChI is InChI=1S/C18H20ClN3O2.ClH/c19-15-9-13(10-17-18(15)24-8-7-23-17)12-22-6-5-21-11-16(22)14-1-3-20-4-2-14;/h1-4,9-10,16,21H,5-8,11-12H2;1H. The molecule has 1 atom stereocenters. The van der Waals surface area contributed by atoms with Crippen molar-refractivity contribution in [3.05, 3.63) is 52.8 Å². The van der Waals surface area contributed by atoms with E-state index in [4.69, 9.17) is 21.1 Å². The number of rotatable bonds is 3. The Labute approximate surface area is 158 Å². The van der Waals surface area contributed by atoms with Crippen molar-refractivity contribution in [3.8, 4) is 11.5 Å². The number of hydrogen-bond acceptors (Lipinski definition) is 5. The van der Waals surface area contributed by atoms with Gasteiger partial charge < -0.3 is 14.8 Å². The van der Waals surface area contributed by atoms with Crippen molar-refractivity contribution in [2.45, 2.75) is 12.6 Å². The van der Waals surface area contributed by atoms with Crippen molar-refractivity contribution in [1.82, 2.24) is 15.2 Å². The molecule has 0 radical (unpaired) electrons. The summed E-state index contributed by atoms with van der Waals surface area (Å²) in [5.41, 5.74) is 2.42. The molecule has 5 nitrogen and oxygen atoms in total. The zero-order valence-corrected chi connectivity index (χ0v) is 15.4. The predicted octanol–water partition coefficient (Wildman–Crippen LogP) is 3.07. The maximum Gasteiger partial charge on any atom is 0.179 e. The van der Waals surface area contributed by atoms with Gasteiger partial charge in [0.2, 0.25) is 0 Å². The fraction of sp³-hybridized carbons (Fsp3) is 0.389. The van der Waals surface area contributed by atoms with Crippen molar-refractivity contribution < 1.29 is 9.47 Å². The van der Waals surface area contributed by atoms with Crippen LogP contribution in [0.2, 0.25) is 5.02 Å². The van der Waals surface area contributed by atoms with Gasteiger partial charge >= 0.3 is 0 Å². The smallest absolute Gasteiger partial charge is 0.179 e. The van der Waals surface area contributed by atoms with Crippen LogP contribution in [0.3, 0.4) is 0 Å². The number of piperazine rings is 1. The van der Waals surface area contributed by atoms with E-state index < -0.39 is 0 Å². The molecule has 1 N–H and O–H groups in total. The van der Waals surface area contributed by atoms with Gasteiger partial charge in [0.1, 0.15) is 13.2 Å². The molecule has 0 amide bonds. The molecule has 0 spiro atoms. The first kappa shape index (κ1) is 18.3. The maximum absolute atomic E-state index is 6.37. The Bertz CT molecular complexity index is 715. The zero-order chi connectivity index (χ0) is 16.4. The lowest BCUT2D eigenvalue weighted by molar-refractivity contribution is 0.152. The summed E-state index contributed by atoms with van der Waals surface area (Å²) >= 11 is 6.37. The Balaban J connectivity index is 0.00000182. The minimum Gasteiger partial charge on any atom is -0.486 e. The fourth-order valence-electron chi connectivity index (χ4n) is 3.34. The highest BCUT2D eigenvalue weighted by Gasteiger charge is 2.25. The van der Waals surface area contributed by atoms with Crippen LogP contribution in [0, 0.1) is 0 Å². The second kappa shape index (κ2) is 8.23. The average Bonchev–Trinajstić information content (AvgIpc) is 2.63. The number of ether oxygens (including phenoxy) is 2. The van der Waals surface area contributed by atoms with E-state index in [-0.39, 0.29) is 12.4 Å². The molecule has 0 bridgehead atoms. The second-order valence-electron chi connectivity index (χ2n) is 6.07. The van der Waals surface area contributed by atoms with Crippen LogP contribution >= 0.6 is 24.0 Å². The van der Waals surface area contributed by atoms with Gasteiger partial charge in [0.15, 0.2) is 11.5 Å². The summed E-state index contributed by atoms with van der Waals surface area (Å²) in [4.78, 5) is 6.59. The van der Waals surface area contributed by atoms with E-state index in [1.54, 1.807) is 0 Å². The van der Waals surface area contributed by atoms with Crippen LogP contribution in [0.5, 0.6) is 11.5 Å². The Kier molecular flexibility index (Phi) is 6.02. The summed E-state index contributed by atoms with van der Waals surface area (Å²) in [5, 5.41) is 4.10. The van der Waals surface area contributed by atoms with E-state index >= 15 is 0 Å². The molecule has 25 heavy (non-hydrogen) atoms. The maximum atomic E-state index is 6.37. The number of fused-ring (bicyclic) bond motifs is 1. The monoisotopic (exact) mass is 381 g/mol. The van der Waals surface area contributed by atoms with Crippen LogP contribution in [0.1, 0.15) is 17.2 Å². The molecule has 0 saturated carbocycles. The molecule has 1 fully saturated rings. The van der Waals surface area contributed by atoms with E-state index in [2.05, 4.69) is 27.3 Å². The zero-order valence-electron chi connectivity index (χ0n) is 13.8. The van der Waals surface area contributed by atoms with Gasteiger partial charge in [-0.1, -0.05) is 11.6 Å². The molecule has 2 aromatic rings. The third-order valence-electron chi connectivity index (χ3n) is 4.49. The molecule has 0 aliphatic carbocycles. The first-order valence-electron chi connectivity index (χ1n) is 8.24. The molecule has 1 saturated heterocycles. The van der Waals surface area contributed by atoms with Gasteiger partial charge in [-0.25, -0.2) is 0 Å². The Morgan fingerprint density at radius 3 is 2.84 bits per heavy atom. The van der Waals surface area contributed by atoms with Crippen molar-refractivity contribution in [1.29, 1.82) is 0 Å². The normalized spacial score (nSPS) is 20.0. The molecule has 1 aromatic heterocycles. The largest absolute Gasteiger partial charge is 0.486 e. The summed E-state index contributed by atoms with van der Waals surface area (Å²) in [6.45, 7) is 4.85. The molecule has 2 aliphatic rings. The summed E-state index contributed by atoms with van der Waals surface area (Å²) < 4.78 is 11.3. The Morgan fingerprint density at radius 2 is 2.00 bits per heavy atom. The lowest BCUT2D eigenvalue weighted by Crippen LogP contribution is -2.45. The lowest BCUT2D eigenvalue weighted by atomic mass is 10.0. The van der Waals surface area contributed by atoms with Crippen LogP contribution in [0.25, 0.3) is 0 Å². The minimum atomic E-state index is 0. The molecule has 2 aliphatic heterocycles. The van der Waals surface area contributed by atoms with Gasteiger partial charge in [0.05, 0.1) is 5.02 Å². The van der Waals surface area contributed by atoms with Crippen LogP contribution in [0.15, 0.2) is 36.7 Å². The number of nitrogens with zero attached hydrogens (tertiary/aromatic N) is 2. The minimum absolute atomic E-state index is 0. The highest BCUT2D eigenvalue weighted by atomic mass is 35.5. The predicted molar refractivity (Wildman–Crippen MR) is 99.9 cm³/mol. The third kappa shape index (κ3) is 4.01. The average molecular weight is 382 g/mol. The van der Waals surface area contributed by atoms with Crippen molar-refractivity contribution >= 4 is 24.0 Å². The van der Waals surface area contributed by atoms with Gasteiger partial charge in [-0.05, 0) is 35.4 Å². The van der Waals surface area contributed by atoms with Crippen LogP contribution in [-0.2, 0) is 6.54 Å². The van der Waals surface area contributed by atoms with Crippen LogP contribution in [-0.4, -0.2) is 42.7 Å². The molecule has 4 rings (SSSR count). The number of hydrogen-bond donors (Lipinski definition) is 1. The molecular weight excluding hydrogens is 361 g/mol. The van der Waals surface area contributed by atoms with Crippen molar-refractivity contribution in [2.24, 2.45) is 0 Å². The molecule has 7 heteroatoms. The molecule has 3 heterocycles. The SMILES string of the molecule is Cl.Clc1cc(CN2CCNCC2c2ccncc2)cc2c1OCCO2. The van der Waals surface area contributed by atoms with E-state index in [0.29, 0.717) is 30.0 Å². The number of nitrogens with one attached hydrogen (secondary N) is 1. The van der Waals surface area contributed by atoms with Gasteiger partial charge in [0, 0.05) is 44.6 Å². The van der Waals surface area contributed by atoms with Crippen LogP contribution in [0.4, 0.5) is 0 Å². The summed E-state index contributed by atoms with van der Waals surface area (Å²) in [6, 6.07) is 8.53. The number of aromatic nitrogens is 1. The summed E-state index contributed by atoms with van der Waals surface area (Å²) in [7, 11) is 0.